The van der Waals surface area contributed by atoms with E-state index < -0.39 is 0 Å². The third kappa shape index (κ3) is 1.54. The van der Waals surface area contributed by atoms with E-state index in [-0.39, 0.29) is 0 Å². The van der Waals surface area contributed by atoms with Gasteiger partial charge in [-0.3, -0.25) is 0 Å². The van der Waals surface area contributed by atoms with Crippen LogP contribution in [-0.4, -0.2) is 9.13 Å². The molecule has 16 heavy (non-hydrogen) atoms. The topological polar surface area (TPSA) is 9.86 Å². The molecule has 0 saturated heterocycles. The van der Waals surface area contributed by atoms with Gasteiger partial charge in [0.05, 0.1) is 0 Å². The number of hydrogen-bond donors (Lipinski definition) is 0. The molecule has 1 aromatic carbocycles. The third-order valence-electron chi connectivity index (χ3n) is 2.65. The first-order valence-corrected chi connectivity index (χ1v) is 5.30. The Kier molecular flexibility index (Phi) is 2.11. The molecule has 0 atom stereocenters. The van der Waals surface area contributed by atoms with Crippen LogP contribution in [0.3, 0.4) is 0 Å². The Morgan fingerprint density at radius 3 is 1.12 bits per heavy atom. The highest BCUT2D eigenvalue weighted by molar-refractivity contribution is 5.42. The molecule has 0 bridgehead atoms. The summed E-state index contributed by atoms with van der Waals surface area (Å²) in [5.41, 5.74) is 2.36. The van der Waals surface area contributed by atoms with E-state index in [0.29, 0.717) is 0 Å². The summed E-state index contributed by atoms with van der Waals surface area (Å²) in [6, 6.07) is 16.6. The van der Waals surface area contributed by atoms with Crippen LogP contribution < -0.4 is 0 Å². The highest BCUT2D eigenvalue weighted by Gasteiger charge is 1.96. The molecule has 0 aliphatic heterocycles. The third-order valence-corrected chi connectivity index (χ3v) is 2.65. The molecule has 0 aliphatic rings. The predicted octanol–water partition coefficient (Wildman–Crippen LogP) is 3.27. The van der Waals surface area contributed by atoms with Crippen molar-refractivity contribution in [3.8, 4) is 11.4 Å². The van der Waals surface area contributed by atoms with E-state index in [0.717, 1.165) is 0 Å². The predicted molar refractivity (Wildman–Crippen MR) is 65.1 cm³/mol. The van der Waals surface area contributed by atoms with Crippen molar-refractivity contribution in [2.24, 2.45) is 0 Å². The summed E-state index contributed by atoms with van der Waals surface area (Å²) in [6.45, 7) is 0. The molecule has 2 nitrogen and oxygen atoms in total. The van der Waals surface area contributed by atoms with Gasteiger partial charge in [-0.2, -0.15) is 0 Å². The molecule has 3 aromatic rings. The average molecular weight is 208 g/mol. The molecule has 0 saturated carbocycles. The zero-order chi connectivity index (χ0) is 10.8. The fourth-order valence-electron chi connectivity index (χ4n) is 1.81. The Bertz CT molecular complexity index is 492. The van der Waals surface area contributed by atoms with E-state index >= 15 is 0 Å². The fourth-order valence-corrected chi connectivity index (χ4v) is 1.81. The van der Waals surface area contributed by atoms with E-state index in [9.17, 15) is 0 Å². The van der Waals surface area contributed by atoms with Crippen LogP contribution in [0, 0.1) is 0 Å². The molecule has 2 heterocycles. The lowest BCUT2D eigenvalue weighted by atomic mass is 10.3. The zero-order valence-corrected chi connectivity index (χ0v) is 8.82. The summed E-state index contributed by atoms with van der Waals surface area (Å²) in [7, 11) is 0. The van der Waals surface area contributed by atoms with Gasteiger partial charge in [-0.05, 0) is 48.5 Å². The first-order valence-electron chi connectivity index (χ1n) is 5.30. The van der Waals surface area contributed by atoms with Gasteiger partial charge in [0.1, 0.15) is 0 Å². The van der Waals surface area contributed by atoms with Crippen LogP contribution in [0.25, 0.3) is 11.4 Å². The maximum absolute atomic E-state index is 2.12. The molecule has 0 amide bonds. The van der Waals surface area contributed by atoms with Crippen molar-refractivity contribution in [2.45, 2.75) is 0 Å². The number of aromatic nitrogens is 2. The van der Waals surface area contributed by atoms with Gasteiger partial charge in [0.15, 0.2) is 0 Å². The Balaban J connectivity index is 1.97. The van der Waals surface area contributed by atoms with Crippen LogP contribution in [0.4, 0.5) is 0 Å². The van der Waals surface area contributed by atoms with Crippen LogP contribution in [-0.2, 0) is 0 Å². The molecule has 2 aromatic heterocycles. The SMILES string of the molecule is c1ccn(-c2ccc(-n3cccc3)cc2)c1. The number of rotatable bonds is 2. The van der Waals surface area contributed by atoms with Crippen molar-refractivity contribution in [2.75, 3.05) is 0 Å². The molecule has 0 N–H and O–H groups in total. The minimum Gasteiger partial charge on any atom is -0.324 e. The van der Waals surface area contributed by atoms with Crippen molar-refractivity contribution in [1.82, 2.24) is 9.13 Å². The summed E-state index contributed by atoms with van der Waals surface area (Å²) in [5, 5.41) is 0. The molecule has 0 unspecified atom stereocenters. The van der Waals surface area contributed by atoms with Gasteiger partial charge in [0, 0.05) is 36.2 Å². The van der Waals surface area contributed by atoms with Crippen molar-refractivity contribution < 1.29 is 0 Å². The quantitative estimate of drug-likeness (QED) is 0.611. The highest BCUT2D eigenvalue weighted by Crippen LogP contribution is 2.13. The Hall–Kier alpha value is -2.22. The van der Waals surface area contributed by atoms with E-state index in [2.05, 4.69) is 33.4 Å². The minimum atomic E-state index is 1.18. The maximum atomic E-state index is 2.12. The van der Waals surface area contributed by atoms with E-state index in [1.165, 1.54) is 11.4 Å². The summed E-state index contributed by atoms with van der Waals surface area (Å²) in [5.74, 6) is 0. The number of hydrogen-bond acceptors (Lipinski definition) is 0. The molecule has 78 valence electrons. The Labute approximate surface area is 94.4 Å². The standard InChI is InChI=1S/C14H12N2/c1-2-10-15(9-1)13-5-7-14(8-6-13)16-11-3-4-12-16/h1-12H. The summed E-state index contributed by atoms with van der Waals surface area (Å²) in [4.78, 5) is 0. The smallest absolute Gasteiger partial charge is 0.0450 e. The molecule has 0 radical (unpaired) electrons. The van der Waals surface area contributed by atoms with Gasteiger partial charge in [0.25, 0.3) is 0 Å². The number of benzene rings is 1. The molecule has 3 rings (SSSR count). The van der Waals surface area contributed by atoms with E-state index in [1.807, 2.05) is 49.1 Å². The summed E-state index contributed by atoms with van der Waals surface area (Å²) in [6.07, 6.45) is 8.19. The second-order valence-corrected chi connectivity index (χ2v) is 3.70. The van der Waals surface area contributed by atoms with E-state index in [1.54, 1.807) is 0 Å². The van der Waals surface area contributed by atoms with Crippen LogP contribution in [0.2, 0.25) is 0 Å². The van der Waals surface area contributed by atoms with E-state index in [4.69, 9.17) is 0 Å². The molecule has 0 spiro atoms. The van der Waals surface area contributed by atoms with Crippen LogP contribution in [0.15, 0.2) is 73.3 Å². The monoisotopic (exact) mass is 208 g/mol. The highest BCUT2D eigenvalue weighted by atomic mass is 15.0. The summed E-state index contributed by atoms with van der Waals surface area (Å²) >= 11 is 0. The van der Waals surface area contributed by atoms with Crippen LogP contribution in [0.5, 0.6) is 0 Å². The van der Waals surface area contributed by atoms with Gasteiger partial charge in [-0.15, -0.1) is 0 Å². The van der Waals surface area contributed by atoms with Crippen molar-refractivity contribution in [1.29, 1.82) is 0 Å². The largest absolute Gasteiger partial charge is 0.324 e. The lowest BCUT2D eigenvalue weighted by Gasteiger charge is -2.06. The fraction of sp³-hybridized carbons (Fsp3) is 0. The maximum Gasteiger partial charge on any atom is 0.0450 e. The first-order chi connectivity index (χ1) is 7.93. The summed E-state index contributed by atoms with van der Waals surface area (Å²) < 4.78 is 4.19. The molecule has 0 fully saturated rings. The van der Waals surface area contributed by atoms with Crippen molar-refractivity contribution in [3.63, 3.8) is 0 Å². The minimum absolute atomic E-state index is 1.18. The average Bonchev–Trinajstić information content (AvgIpc) is 3.03. The second-order valence-electron chi connectivity index (χ2n) is 3.70. The van der Waals surface area contributed by atoms with Crippen molar-refractivity contribution >= 4 is 0 Å². The van der Waals surface area contributed by atoms with Crippen LogP contribution >= 0.6 is 0 Å². The molecular formula is C14H12N2. The molecular weight excluding hydrogens is 196 g/mol. The van der Waals surface area contributed by atoms with Gasteiger partial charge < -0.3 is 9.13 Å². The molecule has 0 aliphatic carbocycles. The Morgan fingerprint density at radius 2 is 0.812 bits per heavy atom. The van der Waals surface area contributed by atoms with Gasteiger partial charge in [-0.1, -0.05) is 0 Å². The molecule has 2 heteroatoms. The lowest BCUT2D eigenvalue weighted by molar-refractivity contribution is 1.05. The van der Waals surface area contributed by atoms with Crippen molar-refractivity contribution in [3.05, 3.63) is 73.3 Å². The normalized spacial score (nSPS) is 10.5. The van der Waals surface area contributed by atoms with Crippen LogP contribution in [0.1, 0.15) is 0 Å². The zero-order valence-electron chi connectivity index (χ0n) is 8.82. The second kappa shape index (κ2) is 3.74. The lowest BCUT2D eigenvalue weighted by Crippen LogP contribution is -1.92. The first kappa shape index (κ1) is 9.04. The van der Waals surface area contributed by atoms with Gasteiger partial charge >= 0.3 is 0 Å². The number of nitrogens with zero attached hydrogens (tertiary/aromatic N) is 2. The van der Waals surface area contributed by atoms with Gasteiger partial charge in [0.2, 0.25) is 0 Å². The Morgan fingerprint density at radius 1 is 0.500 bits per heavy atom. The van der Waals surface area contributed by atoms with Gasteiger partial charge in [-0.25, -0.2) is 0 Å².